The summed E-state index contributed by atoms with van der Waals surface area (Å²) in [6.45, 7) is 4.31. The van der Waals surface area contributed by atoms with E-state index in [1.807, 2.05) is 0 Å². The lowest BCUT2D eigenvalue weighted by molar-refractivity contribution is 0.102. The molecule has 0 saturated carbocycles. The highest BCUT2D eigenvalue weighted by Crippen LogP contribution is 2.36. The van der Waals surface area contributed by atoms with Gasteiger partial charge in [-0.2, -0.15) is 0 Å². The SMILES string of the molecule is COCCCn1c(C)c(C)c(S(=O)(=O)c2cccc(Cl)c2)c1NC(=O)c1ccccc1F. The number of aromatic nitrogens is 1. The smallest absolute Gasteiger partial charge is 0.259 e. The lowest BCUT2D eigenvalue weighted by Gasteiger charge is -2.15. The van der Waals surface area contributed by atoms with Gasteiger partial charge in [0.2, 0.25) is 9.84 Å². The largest absolute Gasteiger partial charge is 0.385 e. The standard InChI is InChI=1S/C23H24ClFN2O4S/c1-15-16(2)27(12-7-13-31-3)22(26-23(28)19-10-4-5-11-20(19)25)21(15)32(29,30)18-9-6-8-17(24)14-18/h4-6,8-11,14H,7,12-13H2,1-3H3,(H,26,28). The van der Waals surface area contributed by atoms with Gasteiger partial charge in [0.1, 0.15) is 16.5 Å². The van der Waals surface area contributed by atoms with Crippen LogP contribution in [0.5, 0.6) is 0 Å². The van der Waals surface area contributed by atoms with Crippen LogP contribution in [-0.2, 0) is 21.1 Å². The number of methoxy groups -OCH3 is 1. The van der Waals surface area contributed by atoms with Crippen molar-refractivity contribution in [3.8, 4) is 0 Å². The van der Waals surface area contributed by atoms with Crippen LogP contribution >= 0.6 is 11.6 Å². The van der Waals surface area contributed by atoms with E-state index in [0.29, 0.717) is 30.8 Å². The van der Waals surface area contributed by atoms with Crippen LogP contribution in [0.15, 0.2) is 58.3 Å². The molecule has 1 N–H and O–H groups in total. The predicted molar refractivity (Wildman–Crippen MR) is 122 cm³/mol. The first-order valence-corrected chi connectivity index (χ1v) is 11.8. The van der Waals surface area contributed by atoms with Crippen LogP contribution in [0.25, 0.3) is 0 Å². The number of amides is 1. The molecule has 0 unspecified atom stereocenters. The van der Waals surface area contributed by atoms with Gasteiger partial charge in [-0.3, -0.25) is 4.79 Å². The third-order valence-electron chi connectivity index (χ3n) is 5.23. The summed E-state index contributed by atoms with van der Waals surface area (Å²) in [4.78, 5) is 12.9. The molecule has 0 aliphatic carbocycles. The van der Waals surface area contributed by atoms with Gasteiger partial charge in [0.15, 0.2) is 0 Å². The third-order valence-corrected chi connectivity index (χ3v) is 7.38. The summed E-state index contributed by atoms with van der Waals surface area (Å²) in [6, 6.07) is 11.5. The number of hydrogen-bond acceptors (Lipinski definition) is 4. The topological polar surface area (TPSA) is 77.4 Å². The Morgan fingerprint density at radius 2 is 1.88 bits per heavy atom. The minimum Gasteiger partial charge on any atom is -0.385 e. The van der Waals surface area contributed by atoms with Crippen LogP contribution in [0.4, 0.5) is 10.2 Å². The molecule has 1 aromatic heterocycles. The van der Waals surface area contributed by atoms with Crippen LogP contribution in [-0.4, -0.2) is 32.6 Å². The lowest BCUT2D eigenvalue weighted by Crippen LogP contribution is -2.19. The lowest BCUT2D eigenvalue weighted by atomic mass is 10.2. The van der Waals surface area contributed by atoms with E-state index in [4.69, 9.17) is 16.3 Å². The van der Waals surface area contributed by atoms with Gasteiger partial charge in [-0.1, -0.05) is 29.8 Å². The van der Waals surface area contributed by atoms with Gasteiger partial charge in [-0.25, -0.2) is 12.8 Å². The number of carbonyl (C=O) groups excluding carboxylic acids is 1. The molecule has 0 radical (unpaired) electrons. The predicted octanol–water partition coefficient (Wildman–Crippen LogP) is 5.02. The van der Waals surface area contributed by atoms with Gasteiger partial charge in [0, 0.05) is 31.0 Å². The fraction of sp³-hybridized carbons (Fsp3) is 0.261. The summed E-state index contributed by atoms with van der Waals surface area (Å²) in [5, 5.41) is 2.92. The normalized spacial score (nSPS) is 11.5. The van der Waals surface area contributed by atoms with Gasteiger partial charge in [0.05, 0.1) is 10.5 Å². The van der Waals surface area contributed by atoms with E-state index in [2.05, 4.69) is 5.32 Å². The summed E-state index contributed by atoms with van der Waals surface area (Å²) >= 11 is 6.03. The fourth-order valence-corrected chi connectivity index (χ4v) is 5.50. The Kier molecular flexibility index (Phi) is 7.38. The molecule has 9 heteroatoms. The molecule has 0 aliphatic rings. The van der Waals surface area contributed by atoms with E-state index in [1.54, 1.807) is 37.7 Å². The first-order valence-electron chi connectivity index (χ1n) is 9.93. The minimum absolute atomic E-state index is 0.00327. The number of sulfone groups is 1. The highest BCUT2D eigenvalue weighted by molar-refractivity contribution is 7.91. The molecule has 0 atom stereocenters. The zero-order valence-corrected chi connectivity index (χ0v) is 19.6. The molecule has 0 spiro atoms. The summed E-state index contributed by atoms with van der Waals surface area (Å²) in [5.74, 6) is -1.35. The van der Waals surface area contributed by atoms with E-state index >= 15 is 0 Å². The van der Waals surface area contributed by atoms with Gasteiger partial charge in [-0.15, -0.1) is 0 Å². The second kappa shape index (κ2) is 9.85. The number of benzene rings is 2. The van der Waals surface area contributed by atoms with Crippen molar-refractivity contribution in [3.63, 3.8) is 0 Å². The molecule has 3 aromatic rings. The average molecular weight is 479 g/mol. The van der Waals surface area contributed by atoms with Gasteiger partial charge < -0.3 is 14.6 Å². The van der Waals surface area contributed by atoms with Crippen molar-refractivity contribution in [2.75, 3.05) is 19.0 Å². The number of rotatable bonds is 8. The van der Waals surface area contributed by atoms with Crippen LogP contribution in [0, 0.1) is 19.7 Å². The zero-order valence-electron chi connectivity index (χ0n) is 18.0. The maximum Gasteiger partial charge on any atom is 0.259 e. The number of nitrogens with zero attached hydrogens (tertiary/aromatic N) is 1. The quantitative estimate of drug-likeness (QED) is 0.461. The van der Waals surface area contributed by atoms with Crippen LogP contribution in [0.3, 0.4) is 0 Å². The average Bonchev–Trinajstić information content (AvgIpc) is 2.99. The molecule has 1 heterocycles. The summed E-state index contributed by atoms with van der Waals surface area (Å²) < 4.78 is 48.2. The molecule has 0 fully saturated rings. The maximum atomic E-state index is 14.2. The molecule has 170 valence electrons. The van der Waals surface area contributed by atoms with E-state index in [0.717, 1.165) is 0 Å². The molecule has 1 amide bonds. The number of nitrogens with one attached hydrogen (secondary N) is 1. The second-order valence-corrected chi connectivity index (χ2v) is 9.60. The summed E-state index contributed by atoms with van der Waals surface area (Å²) in [6.07, 6.45) is 0.588. The van der Waals surface area contributed by atoms with E-state index in [-0.39, 0.29) is 26.2 Å². The maximum absolute atomic E-state index is 14.2. The van der Waals surface area contributed by atoms with Crippen LogP contribution in [0.1, 0.15) is 28.0 Å². The molecule has 0 saturated heterocycles. The van der Waals surface area contributed by atoms with E-state index in [9.17, 15) is 17.6 Å². The molecule has 6 nitrogen and oxygen atoms in total. The Hall–Kier alpha value is -2.68. The second-order valence-electron chi connectivity index (χ2n) is 7.28. The Morgan fingerprint density at radius 3 is 2.53 bits per heavy atom. The molecule has 0 aliphatic heterocycles. The van der Waals surface area contributed by atoms with Crippen molar-refractivity contribution in [2.45, 2.75) is 36.6 Å². The number of halogens is 2. The van der Waals surface area contributed by atoms with Crippen LogP contribution < -0.4 is 5.32 Å². The molecule has 32 heavy (non-hydrogen) atoms. The number of carbonyl (C=O) groups is 1. The summed E-state index contributed by atoms with van der Waals surface area (Å²) in [7, 11) is -2.46. The van der Waals surface area contributed by atoms with Gasteiger partial charge in [0.25, 0.3) is 5.91 Å². The Balaban J connectivity index is 2.17. The van der Waals surface area contributed by atoms with Gasteiger partial charge in [-0.05, 0) is 56.2 Å². The molecule has 2 aromatic carbocycles. The van der Waals surface area contributed by atoms with E-state index in [1.165, 1.54) is 36.4 Å². The highest BCUT2D eigenvalue weighted by Gasteiger charge is 2.31. The van der Waals surface area contributed by atoms with Crippen LogP contribution in [0.2, 0.25) is 5.02 Å². The van der Waals surface area contributed by atoms with Crippen molar-refractivity contribution in [1.29, 1.82) is 0 Å². The Bertz CT molecular complexity index is 1250. The highest BCUT2D eigenvalue weighted by atomic mass is 35.5. The summed E-state index contributed by atoms with van der Waals surface area (Å²) in [5.41, 5.74) is 0.982. The van der Waals surface area contributed by atoms with E-state index < -0.39 is 21.6 Å². The van der Waals surface area contributed by atoms with Crippen molar-refractivity contribution >= 4 is 33.2 Å². The molecular formula is C23H24ClFN2O4S. The monoisotopic (exact) mass is 478 g/mol. The number of anilines is 1. The molecular weight excluding hydrogens is 455 g/mol. The fourth-order valence-electron chi connectivity index (χ4n) is 3.51. The first-order chi connectivity index (χ1) is 15.2. The number of ether oxygens (including phenoxy) is 1. The Labute approximate surface area is 191 Å². The first kappa shape index (κ1) is 24.0. The van der Waals surface area contributed by atoms with Crippen molar-refractivity contribution in [3.05, 3.63) is 76.2 Å². The molecule has 0 bridgehead atoms. The minimum atomic E-state index is -4.04. The van der Waals surface area contributed by atoms with Crippen molar-refractivity contribution in [2.24, 2.45) is 0 Å². The molecule has 3 rings (SSSR count). The zero-order chi connectivity index (χ0) is 23.5. The number of hydrogen-bond donors (Lipinski definition) is 1. The Morgan fingerprint density at radius 1 is 1.16 bits per heavy atom. The van der Waals surface area contributed by atoms with Crippen molar-refractivity contribution < 1.29 is 22.3 Å². The van der Waals surface area contributed by atoms with Crippen molar-refractivity contribution in [1.82, 2.24) is 4.57 Å². The van der Waals surface area contributed by atoms with Gasteiger partial charge >= 0.3 is 0 Å². The third kappa shape index (κ3) is 4.72.